The zero-order chi connectivity index (χ0) is 25.7. The van der Waals surface area contributed by atoms with Gasteiger partial charge in [-0.1, -0.05) is 50.3 Å². The maximum absolute atomic E-state index is 11.0. The molecule has 0 spiro atoms. The lowest BCUT2D eigenvalue weighted by Crippen LogP contribution is -2.35. The number of aryl methyl sites for hydroxylation is 1. The van der Waals surface area contributed by atoms with Gasteiger partial charge in [0.25, 0.3) is 0 Å². The van der Waals surface area contributed by atoms with Gasteiger partial charge in [0.2, 0.25) is 5.89 Å². The van der Waals surface area contributed by atoms with Gasteiger partial charge in [0.1, 0.15) is 5.76 Å². The summed E-state index contributed by atoms with van der Waals surface area (Å²) >= 11 is 0. The molecule has 0 amide bonds. The molecule has 1 aromatic rings. The van der Waals surface area contributed by atoms with Crippen LogP contribution in [-0.2, 0) is 5.41 Å². The summed E-state index contributed by atoms with van der Waals surface area (Å²) in [6.45, 7) is 10.8. The molecule has 36 heavy (non-hydrogen) atoms. The molecule has 0 saturated heterocycles. The number of hydrogen-bond acceptors (Lipinski definition) is 5. The van der Waals surface area contributed by atoms with Crippen molar-refractivity contribution in [3.8, 4) is 0 Å². The molecule has 4 fully saturated rings. The Morgan fingerprint density at radius 2 is 1.94 bits per heavy atom. The Labute approximate surface area is 215 Å². The van der Waals surface area contributed by atoms with Crippen LogP contribution in [0.4, 0.5) is 0 Å². The van der Waals surface area contributed by atoms with Gasteiger partial charge in [0.15, 0.2) is 0 Å². The maximum Gasteiger partial charge on any atom is 0.203 e. The predicted octanol–water partition coefficient (Wildman–Crippen LogP) is 5.71. The average molecular weight is 494 g/mol. The van der Waals surface area contributed by atoms with E-state index in [1.165, 1.54) is 31.3 Å². The maximum atomic E-state index is 11.0. The van der Waals surface area contributed by atoms with E-state index in [1.54, 1.807) is 6.20 Å². The Kier molecular flexibility index (Phi) is 6.95. The summed E-state index contributed by atoms with van der Waals surface area (Å²) in [4.78, 5) is 4.41. The Bertz CT molecular complexity index is 1080. The van der Waals surface area contributed by atoms with Crippen LogP contribution in [0.2, 0.25) is 0 Å². The summed E-state index contributed by atoms with van der Waals surface area (Å²) in [6.07, 6.45) is 17.4. The third-order valence-corrected chi connectivity index (χ3v) is 9.94. The first-order valence-electron chi connectivity index (χ1n) is 13.9. The Morgan fingerprint density at radius 1 is 1.17 bits per heavy atom. The minimum absolute atomic E-state index is 0.247. The van der Waals surface area contributed by atoms with Crippen molar-refractivity contribution in [1.29, 1.82) is 0 Å². The minimum atomic E-state index is -0.642. The highest BCUT2D eigenvalue weighted by Gasteiger charge is 2.54. The SMILES string of the molecule is C=C1/C(=C/C=C2\CCC[C@]3(C)[C@@H]([C@H](C)/C=C/[C@@H](O)C4(c5ncc(C)o5)CC4)CC[C@@H]23)C[C@@H](O)C[C@@H]1O. The fraction of sp³-hybridized carbons (Fsp3) is 0.645. The van der Waals surface area contributed by atoms with Gasteiger partial charge < -0.3 is 19.7 Å². The lowest BCUT2D eigenvalue weighted by atomic mass is 9.61. The van der Waals surface area contributed by atoms with E-state index in [1.807, 2.05) is 13.0 Å². The van der Waals surface area contributed by atoms with Crippen LogP contribution in [0.5, 0.6) is 0 Å². The van der Waals surface area contributed by atoms with Gasteiger partial charge in [-0.25, -0.2) is 4.98 Å². The third-order valence-electron chi connectivity index (χ3n) is 9.94. The van der Waals surface area contributed by atoms with Crippen molar-refractivity contribution in [1.82, 2.24) is 4.98 Å². The van der Waals surface area contributed by atoms with Crippen LogP contribution >= 0.6 is 0 Å². The van der Waals surface area contributed by atoms with Gasteiger partial charge in [-0.3, -0.25) is 0 Å². The molecule has 5 heteroatoms. The number of aliphatic hydroxyl groups excluding tert-OH is 3. The van der Waals surface area contributed by atoms with E-state index in [2.05, 4.69) is 43.6 Å². The van der Waals surface area contributed by atoms with E-state index in [4.69, 9.17) is 4.42 Å². The topological polar surface area (TPSA) is 86.7 Å². The number of aliphatic hydroxyl groups is 3. The summed E-state index contributed by atoms with van der Waals surface area (Å²) in [6, 6.07) is 0. The Balaban J connectivity index is 1.29. The minimum Gasteiger partial charge on any atom is -0.445 e. The van der Waals surface area contributed by atoms with Crippen LogP contribution in [0.25, 0.3) is 0 Å². The smallest absolute Gasteiger partial charge is 0.203 e. The van der Waals surface area contributed by atoms with Gasteiger partial charge in [-0.2, -0.15) is 0 Å². The van der Waals surface area contributed by atoms with Crippen molar-refractivity contribution in [3.05, 3.63) is 65.5 Å². The molecule has 5 rings (SSSR count). The van der Waals surface area contributed by atoms with Crippen LogP contribution in [-0.4, -0.2) is 38.6 Å². The van der Waals surface area contributed by atoms with Gasteiger partial charge in [0, 0.05) is 6.42 Å². The lowest BCUT2D eigenvalue weighted by molar-refractivity contribution is 0.0862. The highest BCUT2D eigenvalue weighted by atomic mass is 16.4. The number of oxazole rings is 1. The number of fused-ring (bicyclic) bond motifs is 1. The van der Waals surface area contributed by atoms with E-state index in [9.17, 15) is 15.3 Å². The molecule has 1 heterocycles. The molecule has 196 valence electrons. The van der Waals surface area contributed by atoms with Crippen LogP contribution in [0.1, 0.15) is 83.3 Å². The lowest BCUT2D eigenvalue weighted by Gasteiger charge is -2.44. The average Bonchev–Trinajstić information content (AvgIpc) is 3.41. The summed E-state index contributed by atoms with van der Waals surface area (Å²) in [5, 5.41) is 31.3. The third kappa shape index (κ3) is 4.59. The van der Waals surface area contributed by atoms with Crippen LogP contribution in [0.15, 0.2) is 58.2 Å². The normalized spacial score (nSPS) is 38.0. The zero-order valence-corrected chi connectivity index (χ0v) is 22.1. The largest absolute Gasteiger partial charge is 0.445 e. The van der Waals surface area contributed by atoms with Crippen molar-refractivity contribution in [2.75, 3.05) is 0 Å². The molecule has 3 N–H and O–H groups in total. The fourth-order valence-electron chi connectivity index (χ4n) is 7.56. The molecule has 0 aliphatic heterocycles. The summed E-state index contributed by atoms with van der Waals surface area (Å²) < 4.78 is 5.77. The summed E-state index contributed by atoms with van der Waals surface area (Å²) in [5.74, 6) is 3.00. The highest BCUT2D eigenvalue weighted by molar-refractivity contribution is 5.38. The Hall–Kier alpha value is -1.95. The number of hydrogen-bond donors (Lipinski definition) is 3. The molecule has 5 nitrogen and oxygen atoms in total. The molecule has 7 atom stereocenters. The van der Waals surface area contributed by atoms with Crippen molar-refractivity contribution < 1.29 is 19.7 Å². The van der Waals surface area contributed by atoms with E-state index in [0.29, 0.717) is 36.5 Å². The monoisotopic (exact) mass is 493 g/mol. The predicted molar refractivity (Wildman–Crippen MR) is 141 cm³/mol. The first-order chi connectivity index (χ1) is 17.1. The second kappa shape index (κ2) is 9.74. The second-order valence-electron chi connectivity index (χ2n) is 12.3. The van der Waals surface area contributed by atoms with Gasteiger partial charge in [-0.05, 0) is 92.6 Å². The van der Waals surface area contributed by atoms with Crippen molar-refractivity contribution in [2.24, 2.45) is 23.2 Å². The van der Waals surface area contributed by atoms with Crippen LogP contribution in [0, 0.1) is 30.1 Å². The van der Waals surface area contributed by atoms with Crippen molar-refractivity contribution in [2.45, 2.75) is 102 Å². The number of nitrogens with zero attached hydrogens (tertiary/aromatic N) is 1. The first-order valence-corrected chi connectivity index (χ1v) is 13.9. The number of rotatable bonds is 6. The quantitative estimate of drug-likeness (QED) is 0.442. The molecule has 0 unspecified atom stereocenters. The molecule has 4 saturated carbocycles. The molecular formula is C31H43NO4. The van der Waals surface area contributed by atoms with Crippen LogP contribution < -0.4 is 0 Å². The highest BCUT2D eigenvalue weighted by Crippen LogP contribution is 2.59. The summed E-state index contributed by atoms with van der Waals surface area (Å²) in [7, 11) is 0. The van der Waals surface area contributed by atoms with E-state index >= 15 is 0 Å². The molecule has 0 radical (unpaired) electrons. The van der Waals surface area contributed by atoms with E-state index in [-0.39, 0.29) is 10.8 Å². The standard InChI is InChI=1S/C31H43NO4/c1-19(7-12-28(35)31(14-15-31)29-32-18-20(2)36-29)25-10-11-26-22(6-5-13-30(25,26)4)8-9-23-16-24(33)17-27(34)21(23)3/h7-9,12,18-19,24-28,33-35H,3,5-6,10-11,13-17H2,1-2,4H3/b12-7+,22-8+,23-9+/t19-,24-,25-,26+,27+,28-,30-/m1/s1. The van der Waals surface area contributed by atoms with Gasteiger partial charge >= 0.3 is 0 Å². The first kappa shape index (κ1) is 25.7. The molecule has 4 aliphatic carbocycles. The molecule has 0 bridgehead atoms. The van der Waals surface area contributed by atoms with E-state index < -0.39 is 18.3 Å². The summed E-state index contributed by atoms with van der Waals surface area (Å²) in [5.41, 5.74) is 3.15. The van der Waals surface area contributed by atoms with Gasteiger partial charge in [-0.15, -0.1) is 0 Å². The van der Waals surface area contributed by atoms with Crippen molar-refractivity contribution in [3.63, 3.8) is 0 Å². The number of allylic oxidation sites excluding steroid dienone is 4. The van der Waals surface area contributed by atoms with E-state index in [0.717, 1.165) is 36.2 Å². The van der Waals surface area contributed by atoms with Crippen LogP contribution in [0.3, 0.4) is 0 Å². The molecule has 0 aromatic carbocycles. The van der Waals surface area contributed by atoms with Gasteiger partial charge in [0.05, 0.1) is 29.9 Å². The molecular weight excluding hydrogens is 450 g/mol. The Morgan fingerprint density at radius 3 is 2.64 bits per heavy atom. The fourth-order valence-corrected chi connectivity index (χ4v) is 7.56. The molecule has 4 aliphatic rings. The number of aromatic nitrogens is 1. The second-order valence-corrected chi connectivity index (χ2v) is 12.3. The molecule has 1 aromatic heterocycles. The zero-order valence-electron chi connectivity index (χ0n) is 22.1. The van der Waals surface area contributed by atoms with Crippen molar-refractivity contribution >= 4 is 0 Å².